The van der Waals surface area contributed by atoms with Gasteiger partial charge in [0, 0.05) is 73.5 Å². The summed E-state index contributed by atoms with van der Waals surface area (Å²) in [7, 11) is 2.09. The van der Waals surface area contributed by atoms with Gasteiger partial charge in [-0.15, -0.1) is 47.0 Å². The second-order valence-electron chi connectivity index (χ2n) is 18.3. The molecule has 312 valence electrons. The molecule has 4 saturated carbocycles. The predicted octanol–water partition coefficient (Wildman–Crippen LogP) is 13.0. The Kier molecular flexibility index (Phi) is 9.46. The minimum Gasteiger partial charge on any atom is -0.509 e. The van der Waals surface area contributed by atoms with Crippen LogP contribution in [0.15, 0.2) is 128 Å². The van der Waals surface area contributed by atoms with Crippen molar-refractivity contribution >= 4 is 38.9 Å². The molecule has 1 aliphatic heterocycles. The number of benzene rings is 5. The Bertz CT molecular complexity index is 2980. The van der Waals surface area contributed by atoms with Crippen LogP contribution in [0.25, 0.3) is 38.8 Å². The first-order chi connectivity index (χ1) is 29.8. The van der Waals surface area contributed by atoms with E-state index in [1.54, 1.807) is 0 Å². The van der Waals surface area contributed by atoms with E-state index in [2.05, 4.69) is 169 Å². The minimum absolute atomic E-state index is 0. The SMILES string of the molecule is Cc1cc(C)c(-c2cc(Oc3[c-]c4c(cc3)c3ccccc3n4-c3cc(C4(c5ccncc5)C5CC6CC(C5)CC4C6)ccn3)[c-]c(N3[CH-]N(C)c4ccccc43)c2)c(C)c1.[Pt]. The molecule has 5 aliphatic rings. The zero-order valence-corrected chi connectivity index (χ0v) is 37.8. The van der Waals surface area contributed by atoms with E-state index >= 15 is 0 Å². The van der Waals surface area contributed by atoms with Crippen LogP contribution in [0, 0.1) is 63.2 Å². The smallest absolute Gasteiger partial charge is 0.135 e. The molecule has 0 N–H and O–H groups in total. The van der Waals surface area contributed by atoms with Crippen LogP contribution in [0.1, 0.15) is 59.9 Å². The Morgan fingerprint density at radius 2 is 1.37 bits per heavy atom. The molecule has 4 heterocycles. The van der Waals surface area contributed by atoms with Gasteiger partial charge in [-0.3, -0.25) is 4.98 Å². The van der Waals surface area contributed by atoms with E-state index in [9.17, 15) is 0 Å². The molecule has 0 saturated heterocycles. The summed E-state index contributed by atoms with van der Waals surface area (Å²) in [6, 6.07) is 47.0. The van der Waals surface area contributed by atoms with Crippen molar-refractivity contribution in [1.82, 2.24) is 14.5 Å². The van der Waals surface area contributed by atoms with E-state index in [0.717, 1.165) is 56.7 Å². The molecule has 0 atom stereocenters. The second kappa shape index (κ2) is 15.0. The Morgan fingerprint density at radius 1 is 0.677 bits per heavy atom. The molecular weight excluding hydrogens is 942 g/mol. The number of para-hydroxylation sites is 3. The first kappa shape index (κ1) is 39.2. The fraction of sp³-hybridized carbons (Fsp3) is 0.255. The third-order valence-corrected chi connectivity index (χ3v) is 14.7. The van der Waals surface area contributed by atoms with Crippen molar-refractivity contribution in [2.45, 2.75) is 58.3 Å². The molecule has 7 heteroatoms. The van der Waals surface area contributed by atoms with Gasteiger partial charge in [0.2, 0.25) is 0 Å². The molecule has 0 spiro atoms. The molecular formula is C55H48N5OPt-3. The molecule has 3 aromatic heterocycles. The number of hydrogen-bond donors (Lipinski definition) is 0. The topological polar surface area (TPSA) is 46.4 Å². The third kappa shape index (κ3) is 6.08. The molecule has 4 bridgehead atoms. The van der Waals surface area contributed by atoms with Gasteiger partial charge in [-0.1, -0.05) is 53.5 Å². The molecule has 0 radical (unpaired) electrons. The Balaban J connectivity index is 0.00000432. The van der Waals surface area contributed by atoms with Gasteiger partial charge < -0.3 is 19.1 Å². The monoisotopic (exact) mass is 989 g/mol. The number of anilines is 3. The summed E-state index contributed by atoms with van der Waals surface area (Å²) in [5, 5.41) is 2.28. The molecule has 4 fully saturated rings. The largest absolute Gasteiger partial charge is 0.509 e. The summed E-state index contributed by atoms with van der Waals surface area (Å²) >= 11 is 0. The second-order valence-corrected chi connectivity index (χ2v) is 18.3. The van der Waals surface area contributed by atoms with E-state index in [4.69, 9.17) is 9.72 Å². The Labute approximate surface area is 378 Å². The number of pyridine rings is 2. The van der Waals surface area contributed by atoms with Gasteiger partial charge >= 0.3 is 0 Å². The van der Waals surface area contributed by atoms with Gasteiger partial charge in [-0.05, 0) is 159 Å². The van der Waals surface area contributed by atoms with Crippen LogP contribution in [0.5, 0.6) is 11.5 Å². The molecule has 0 amide bonds. The Hall–Kier alpha value is -5.71. The third-order valence-electron chi connectivity index (χ3n) is 14.7. The summed E-state index contributed by atoms with van der Waals surface area (Å²) in [6.45, 7) is 8.68. The van der Waals surface area contributed by atoms with Crippen LogP contribution in [-0.2, 0) is 26.5 Å². The summed E-state index contributed by atoms with van der Waals surface area (Å²) < 4.78 is 9.21. The number of rotatable bonds is 7. The number of aromatic nitrogens is 3. The normalized spacial score (nSPS) is 22.3. The summed E-state index contributed by atoms with van der Waals surface area (Å²) in [5.41, 5.74) is 13.9. The van der Waals surface area contributed by atoms with Crippen LogP contribution in [0.3, 0.4) is 0 Å². The summed E-state index contributed by atoms with van der Waals surface area (Å²) in [4.78, 5) is 14.0. The average molecular weight is 990 g/mol. The number of ether oxygens (including phenoxy) is 1. The van der Waals surface area contributed by atoms with Gasteiger partial charge in [0.1, 0.15) is 5.82 Å². The van der Waals surface area contributed by atoms with Crippen LogP contribution >= 0.6 is 0 Å². The maximum atomic E-state index is 6.91. The standard InChI is InChI=1S/C55H48N5O.Pt/c1-34-21-35(2)54(36(3)22-34)39-28-44(59-33-58(4)50-11-7-8-12-51(50)59)31-46(29-39)61-45-13-14-48-47-9-5-6-10-49(47)60(52(48)32-45)53-30-41(17-20-57-53)55(40-15-18-56-19-16-40)42-24-37-23-38(26-42)27-43(55)25-37;/h5-22,28-30,33,37-38,42-43H,23-27H2,1-4H3;/q-3;. The van der Waals surface area contributed by atoms with Crippen LogP contribution in [-0.4, -0.2) is 21.6 Å². The quantitative estimate of drug-likeness (QED) is 0.149. The number of nitrogens with zero attached hydrogens (tertiary/aromatic N) is 5. The van der Waals surface area contributed by atoms with E-state index in [1.165, 1.54) is 70.9 Å². The molecule has 13 rings (SSSR count). The maximum Gasteiger partial charge on any atom is 0.135 e. The van der Waals surface area contributed by atoms with Gasteiger partial charge in [0.25, 0.3) is 0 Å². The van der Waals surface area contributed by atoms with Gasteiger partial charge in [0.05, 0.1) is 0 Å². The predicted molar refractivity (Wildman–Crippen MR) is 246 cm³/mol. The molecule has 62 heavy (non-hydrogen) atoms. The first-order valence-corrected chi connectivity index (χ1v) is 21.9. The minimum atomic E-state index is -0.0559. The fourth-order valence-corrected chi connectivity index (χ4v) is 12.7. The number of fused-ring (bicyclic) bond motifs is 4. The van der Waals surface area contributed by atoms with Crippen molar-refractivity contribution in [2.24, 2.45) is 23.7 Å². The Morgan fingerprint density at radius 3 is 2.13 bits per heavy atom. The van der Waals surface area contributed by atoms with E-state index < -0.39 is 0 Å². The molecule has 5 aromatic carbocycles. The zero-order chi connectivity index (χ0) is 41.0. The number of aryl methyl sites for hydroxylation is 3. The summed E-state index contributed by atoms with van der Waals surface area (Å²) in [6.07, 6.45) is 12.7. The first-order valence-electron chi connectivity index (χ1n) is 21.9. The zero-order valence-electron chi connectivity index (χ0n) is 35.5. The van der Waals surface area contributed by atoms with Crippen LogP contribution in [0.2, 0.25) is 0 Å². The maximum absolute atomic E-state index is 6.91. The molecule has 8 aromatic rings. The van der Waals surface area contributed by atoms with Crippen molar-refractivity contribution in [3.8, 4) is 28.4 Å². The number of hydrogen-bond acceptors (Lipinski definition) is 5. The van der Waals surface area contributed by atoms with Crippen molar-refractivity contribution in [2.75, 3.05) is 16.8 Å². The van der Waals surface area contributed by atoms with Crippen molar-refractivity contribution in [1.29, 1.82) is 0 Å². The van der Waals surface area contributed by atoms with Crippen LogP contribution in [0.4, 0.5) is 17.1 Å². The van der Waals surface area contributed by atoms with E-state index in [-0.39, 0.29) is 26.5 Å². The molecule has 6 nitrogen and oxygen atoms in total. The van der Waals surface area contributed by atoms with E-state index in [1.807, 2.05) is 24.7 Å². The van der Waals surface area contributed by atoms with Crippen molar-refractivity contribution in [3.63, 3.8) is 0 Å². The van der Waals surface area contributed by atoms with Crippen molar-refractivity contribution in [3.05, 3.63) is 174 Å². The van der Waals surface area contributed by atoms with Crippen LogP contribution < -0.4 is 14.5 Å². The van der Waals surface area contributed by atoms with Gasteiger partial charge in [0.15, 0.2) is 0 Å². The average Bonchev–Trinajstić information content (AvgIpc) is 3.78. The van der Waals surface area contributed by atoms with Gasteiger partial charge in [-0.25, -0.2) is 4.98 Å². The molecule has 0 unspecified atom stereocenters. The van der Waals surface area contributed by atoms with E-state index in [0.29, 0.717) is 23.3 Å². The van der Waals surface area contributed by atoms with Crippen molar-refractivity contribution < 1.29 is 25.8 Å². The summed E-state index contributed by atoms with van der Waals surface area (Å²) in [5.74, 6) is 5.11. The van der Waals surface area contributed by atoms with Gasteiger partial charge in [-0.2, -0.15) is 12.7 Å². The molecule has 4 aliphatic carbocycles. The fourth-order valence-electron chi connectivity index (χ4n) is 12.7.